The quantitative estimate of drug-likeness (QED) is 0.0754. The Kier molecular flexibility index (Phi) is 12.9. The molecule has 23 heteroatoms. The summed E-state index contributed by atoms with van der Waals surface area (Å²) in [6.45, 7) is 2.86. The lowest BCUT2D eigenvalue weighted by Gasteiger charge is -2.37. The number of phosphoric ester groups is 1. The summed E-state index contributed by atoms with van der Waals surface area (Å²) < 4.78 is 32.1. The van der Waals surface area contributed by atoms with Gasteiger partial charge in [0.05, 0.1) is 38.1 Å². The summed E-state index contributed by atoms with van der Waals surface area (Å²) in [7, 11) is -5.11. The van der Waals surface area contributed by atoms with Gasteiger partial charge in [0, 0.05) is 24.6 Å². The third-order valence-electron chi connectivity index (χ3n) is 9.54. The molecule has 22 nitrogen and oxygen atoms in total. The van der Waals surface area contributed by atoms with Gasteiger partial charge in [-0.05, 0) is 38.0 Å². The van der Waals surface area contributed by atoms with Crippen LogP contribution in [0.25, 0.3) is 0 Å². The molecule has 0 saturated carbocycles. The number of nitrogen functional groups attached to an aromatic ring is 1. The Balaban J connectivity index is 1.10. The SMILES string of the molecule is C[C@@H]1Nc2nc(N)[nH]c(=O)c2N2CN(c3ccc(C[C@H](O)[C@H](O)[C@@H](O)CO[C@H]4O[C@H](COP(=O)(O)OC(CCC(=O)O)C(=O)O)[C@@H](O)[C@H]4O)cc3)[C@H](C)[C@@H]12. The Morgan fingerprint density at radius 3 is 2.43 bits per heavy atom. The number of aliphatic carboxylic acids is 2. The number of hydrogen-bond acceptors (Lipinski definition) is 18. The molecule has 12 atom stereocenters. The molecule has 2 aromatic rings. The number of nitrogens with two attached hydrogens (primary N) is 1. The highest BCUT2D eigenvalue weighted by Gasteiger charge is 2.47. The van der Waals surface area contributed by atoms with E-state index in [1.54, 1.807) is 12.1 Å². The van der Waals surface area contributed by atoms with Gasteiger partial charge in [-0.3, -0.25) is 23.6 Å². The number of anilines is 4. The number of aliphatic hydroxyl groups is 5. The lowest BCUT2D eigenvalue weighted by molar-refractivity contribution is -0.192. The van der Waals surface area contributed by atoms with E-state index in [2.05, 4.69) is 29.2 Å². The summed E-state index contributed by atoms with van der Waals surface area (Å²) in [5, 5.41) is 73.6. The first-order chi connectivity index (χ1) is 25.4. The van der Waals surface area contributed by atoms with Gasteiger partial charge in [0.25, 0.3) is 5.56 Å². The number of fused-ring (bicyclic) bond motifs is 3. The van der Waals surface area contributed by atoms with Gasteiger partial charge in [-0.15, -0.1) is 0 Å². The van der Waals surface area contributed by atoms with Gasteiger partial charge in [-0.1, -0.05) is 12.1 Å². The molecule has 1 aromatic heterocycles. The molecule has 0 aliphatic carbocycles. The van der Waals surface area contributed by atoms with Crippen LogP contribution in [0.1, 0.15) is 32.3 Å². The van der Waals surface area contributed by atoms with Crippen LogP contribution in [-0.2, 0) is 39.1 Å². The molecule has 0 spiro atoms. The van der Waals surface area contributed by atoms with Gasteiger partial charge < -0.3 is 71.0 Å². The Bertz CT molecular complexity index is 1750. The predicted octanol–water partition coefficient (Wildman–Crippen LogP) is -2.25. The molecular formula is C31H45N6O16P. The highest BCUT2D eigenvalue weighted by atomic mass is 31.2. The standard InChI is InChI=1S/C31H45N6O16P/c1-13-22-14(2)36(12-37(22)23-27(33-13)34-31(32)35-28(23)45)16-5-3-15(4-6-16)9-17(38)24(42)18(39)10-50-30-26(44)25(43)20(52-30)11-51-54(48,49)53-19(29(46)47)7-8-21(40)41/h3-6,13-14,17-20,22,24-26,30,38-39,42-44H,7-12H2,1-2H3,(H,40,41)(H,46,47)(H,48,49)(H4,32,33,34,35,45)/t13-,14+,17-,18-,19?,20+,22+,24-,25+,26+,30-/m0/s1. The van der Waals surface area contributed by atoms with Crippen molar-refractivity contribution in [2.45, 2.75) is 100 Å². The van der Waals surface area contributed by atoms with E-state index in [0.717, 1.165) is 5.69 Å². The van der Waals surface area contributed by atoms with E-state index in [1.807, 2.05) is 30.9 Å². The molecule has 300 valence electrons. The minimum Gasteiger partial charge on any atom is -0.481 e. The second-order valence-corrected chi connectivity index (χ2v) is 14.8. The number of benzene rings is 1. The van der Waals surface area contributed by atoms with Crippen molar-refractivity contribution in [3.05, 3.63) is 40.2 Å². The second kappa shape index (κ2) is 16.8. The van der Waals surface area contributed by atoms with Crippen LogP contribution < -0.4 is 26.4 Å². The first-order valence-corrected chi connectivity index (χ1v) is 18.4. The average Bonchev–Trinajstić information content (AvgIpc) is 3.58. The number of carboxylic acid groups (broad SMARTS) is 2. The van der Waals surface area contributed by atoms with Crippen LogP contribution in [0.5, 0.6) is 0 Å². The lowest BCUT2D eigenvalue weighted by atomic mass is 9.98. The number of phosphoric acid groups is 1. The van der Waals surface area contributed by atoms with E-state index in [-0.39, 0.29) is 36.1 Å². The number of nitrogens with zero attached hydrogens (tertiary/aromatic N) is 3. The van der Waals surface area contributed by atoms with E-state index in [9.17, 15) is 49.4 Å². The third kappa shape index (κ3) is 9.29. The molecular weight excluding hydrogens is 743 g/mol. The van der Waals surface area contributed by atoms with E-state index in [0.29, 0.717) is 23.7 Å². The number of carbonyl (C=O) groups is 2. The maximum Gasteiger partial charge on any atom is 0.473 e. The molecule has 3 aliphatic heterocycles. The fraction of sp³-hybridized carbons (Fsp3) is 0.613. The molecule has 12 N–H and O–H groups in total. The highest BCUT2D eigenvalue weighted by molar-refractivity contribution is 7.47. The Labute approximate surface area is 307 Å². The summed E-state index contributed by atoms with van der Waals surface area (Å²) in [6, 6.07) is 7.06. The van der Waals surface area contributed by atoms with Crippen molar-refractivity contribution in [2.24, 2.45) is 0 Å². The number of hydrogen-bond donors (Lipinski definition) is 11. The number of carboxylic acids is 2. The zero-order valence-electron chi connectivity index (χ0n) is 29.1. The molecule has 2 fully saturated rings. The number of H-pyrrole nitrogens is 1. The first-order valence-electron chi connectivity index (χ1n) is 16.9. The first kappa shape index (κ1) is 41.2. The van der Waals surface area contributed by atoms with Gasteiger partial charge in [-0.25, -0.2) is 9.36 Å². The van der Waals surface area contributed by atoms with Crippen LogP contribution in [-0.4, -0.2) is 150 Å². The van der Waals surface area contributed by atoms with E-state index < -0.39 is 94.8 Å². The van der Waals surface area contributed by atoms with Crippen LogP contribution in [0.15, 0.2) is 29.1 Å². The number of rotatable bonds is 17. The van der Waals surface area contributed by atoms with Crippen molar-refractivity contribution in [1.82, 2.24) is 9.97 Å². The number of aromatic nitrogens is 2. The smallest absolute Gasteiger partial charge is 0.473 e. The third-order valence-corrected chi connectivity index (χ3v) is 10.5. The van der Waals surface area contributed by atoms with Gasteiger partial charge in [-0.2, -0.15) is 4.98 Å². The Hall–Kier alpha value is -3.93. The largest absolute Gasteiger partial charge is 0.481 e. The number of nitrogens with one attached hydrogen (secondary N) is 2. The van der Waals surface area contributed by atoms with Crippen molar-refractivity contribution in [3.63, 3.8) is 0 Å². The topological polar surface area (TPSA) is 340 Å². The van der Waals surface area contributed by atoms with Crippen LogP contribution >= 0.6 is 7.82 Å². The molecule has 0 bridgehead atoms. The summed E-state index contributed by atoms with van der Waals surface area (Å²) >= 11 is 0. The van der Waals surface area contributed by atoms with Crippen LogP contribution in [0.3, 0.4) is 0 Å². The zero-order chi connectivity index (χ0) is 39.6. The van der Waals surface area contributed by atoms with Crippen LogP contribution in [0.2, 0.25) is 0 Å². The van der Waals surface area contributed by atoms with Crippen molar-refractivity contribution in [2.75, 3.05) is 40.7 Å². The van der Waals surface area contributed by atoms with Gasteiger partial charge in [0.15, 0.2) is 18.2 Å². The summed E-state index contributed by atoms with van der Waals surface area (Å²) in [4.78, 5) is 55.6. The summed E-state index contributed by atoms with van der Waals surface area (Å²) in [6.07, 6.45) is -14.9. The molecule has 2 unspecified atom stereocenters. The van der Waals surface area contributed by atoms with Crippen molar-refractivity contribution in [3.8, 4) is 0 Å². The molecule has 54 heavy (non-hydrogen) atoms. The maximum atomic E-state index is 12.8. The van der Waals surface area contributed by atoms with Crippen LogP contribution in [0.4, 0.5) is 23.1 Å². The molecule has 3 aliphatic rings. The van der Waals surface area contributed by atoms with E-state index in [1.165, 1.54) is 0 Å². The fourth-order valence-corrected chi connectivity index (χ4v) is 7.68. The molecule has 2 saturated heterocycles. The number of aliphatic hydroxyl groups excluding tert-OH is 5. The monoisotopic (exact) mass is 788 g/mol. The molecule has 0 radical (unpaired) electrons. The van der Waals surface area contributed by atoms with E-state index >= 15 is 0 Å². The minimum atomic E-state index is -5.11. The maximum absolute atomic E-state index is 12.8. The predicted molar refractivity (Wildman–Crippen MR) is 185 cm³/mol. The fourth-order valence-electron chi connectivity index (χ4n) is 6.77. The Morgan fingerprint density at radius 1 is 1.09 bits per heavy atom. The molecule has 4 heterocycles. The molecule has 5 rings (SSSR count). The van der Waals surface area contributed by atoms with Crippen molar-refractivity contribution >= 4 is 42.9 Å². The Morgan fingerprint density at radius 2 is 1.78 bits per heavy atom. The lowest BCUT2D eigenvalue weighted by Crippen LogP contribution is -2.52. The van der Waals surface area contributed by atoms with Crippen molar-refractivity contribution in [1.29, 1.82) is 0 Å². The highest BCUT2D eigenvalue weighted by Crippen LogP contribution is 2.46. The number of aromatic amines is 1. The van der Waals surface area contributed by atoms with Gasteiger partial charge in [0.2, 0.25) is 5.95 Å². The van der Waals surface area contributed by atoms with Gasteiger partial charge in [0.1, 0.15) is 36.2 Å². The summed E-state index contributed by atoms with van der Waals surface area (Å²) in [5.41, 5.74) is 7.27. The van der Waals surface area contributed by atoms with Crippen LogP contribution in [0, 0.1) is 0 Å². The van der Waals surface area contributed by atoms with Crippen molar-refractivity contribution < 1.29 is 73.3 Å². The number of ether oxygens (including phenoxy) is 2. The minimum absolute atomic E-state index is 0.0155. The summed E-state index contributed by atoms with van der Waals surface area (Å²) in [5.74, 6) is -2.65. The second-order valence-electron chi connectivity index (χ2n) is 13.4. The molecule has 0 amide bonds. The normalized spacial score (nSPS) is 28.3. The zero-order valence-corrected chi connectivity index (χ0v) is 30.0. The molecule has 1 aromatic carbocycles. The average molecular weight is 789 g/mol. The van der Waals surface area contributed by atoms with Gasteiger partial charge >= 0.3 is 19.8 Å². The van der Waals surface area contributed by atoms with E-state index in [4.69, 9.17) is 25.4 Å².